The molecule has 2 rings (SSSR count). The summed E-state index contributed by atoms with van der Waals surface area (Å²) < 4.78 is 1.30. The molecule has 1 unspecified atom stereocenters. The summed E-state index contributed by atoms with van der Waals surface area (Å²) in [5, 5.41) is 3.75. The van der Waals surface area contributed by atoms with Crippen molar-refractivity contribution in [3.63, 3.8) is 0 Å². The van der Waals surface area contributed by atoms with Gasteiger partial charge >= 0.3 is 0 Å². The van der Waals surface area contributed by atoms with Crippen molar-refractivity contribution in [3.8, 4) is 0 Å². The highest BCUT2D eigenvalue weighted by Gasteiger charge is 2.18. The standard InChI is InChI=1S/C14H21IN2/c1-11(12-3-5-13(15)6-4-12)16-14-7-9-17(2)10-8-14/h3-6,11,14,16H,7-10H2,1-2H3. The molecular formula is C14H21IN2. The average Bonchev–Trinajstić information content (AvgIpc) is 2.33. The normalized spacial score (nSPS) is 20.4. The van der Waals surface area contributed by atoms with Crippen LogP contribution in [0.2, 0.25) is 0 Å². The summed E-state index contributed by atoms with van der Waals surface area (Å²) in [4.78, 5) is 2.41. The Morgan fingerprint density at radius 2 is 1.82 bits per heavy atom. The number of rotatable bonds is 3. The van der Waals surface area contributed by atoms with Crippen LogP contribution in [-0.4, -0.2) is 31.1 Å². The lowest BCUT2D eigenvalue weighted by molar-refractivity contribution is 0.226. The first-order chi connectivity index (χ1) is 8.15. The number of benzene rings is 1. The van der Waals surface area contributed by atoms with Crippen LogP contribution in [0.1, 0.15) is 31.4 Å². The Balaban J connectivity index is 1.88. The Kier molecular flexibility index (Phi) is 4.82. The van der Waals surface area contributed by atoms with Gasteiger partial charge in [0.05, 0.1) is 0 Å². The third-order valence-electron chi connectivity index (χ3n) is 3.57. The molecule has 0 aromatic heterocycles. The molecule has 1 saturated heterocycles. The van der Waals surface area contributed by atoms with Gasteiger partial charge in [-0.05, 0) is 80.2 Å². The van der Waals surface area contributed by atoms with Crippen LogP contribution < -0.4 is 5.32 Å². The molecule has 0 bridgehead atoms. The second-order valence-electron chi connectivity index (χ2n) is 5.02. The molecule has 0 radical (unpaired) electrons. The number of nitrogens with one attached hydrogen (secondary N) is 1. The number of piperidine rings is 1. The molecule has 0 amide bonds. The Morgan fingerprint density at radius 3 is 2.41 bits per heavy atom. The quantitative estimate of drug-likeness (QED) is 0.848. The molecule has 0 saturated carbocycles. The summed E-state index contributed by atoms with van der Waals surface area (Å²) in [5.41, 5.74) is 1.39. The molecule has 0 spiro atoms. The minimum atomic E-state index is 0.459. The Bertz CT molecular complexity index is 342. The van der Waals surface area contributed by atoms with Crippen LogP contribution >= 0.6 is 22.6 Å². The second kappa shape index (κ2) is 6.16. The predicted molar refractivity (Wildman–Crippen MR) is 81.2 cm³/mol. The third kappa shape index (κ3) is 3.93. The van der Waals surface area contributed by atoms with Gasteiger partial charge in [-0.2, -0.15) is 0 Å². The van der Waals surface area contributed by atoms with Crippen LogP contribution in [0.3, 0.4) is 0 Å². The first-order valence-corrected chi connectivity index (χ1v) is 7.43. The minimum absolute atomic E-state index is 0.459. The van der Waals surface area contributed by atoms with Crippen molar-refractivity contribution in [2.45, 2.75) is 31.8 Å². The van der Waals surface area contributed by atoms with Gasteiger partial charge in [0.25, 0.3) is 0 Å². The predicted octanol–water partition coefficient (Wildman–Crippen LogP) is 3.04. The maximum absolute atomic E-state index is 3.75. The summed E-state index contributed by atoms with van der Waals surface area (Å²) in [7, 11) is 2.21. The average molecular weight is 344 g/mol. The van der Waals surface area contributed by atoms with Crippen molar-refractivity contribution >= 4 is 22.6 Å². The topological polar surface area (TPSA) is 15.3 Å². The van der Waals surface area contributed by atoms with E-state index in [0.717, 1.165) is 0 Å². The van der Waals surface area contributed by atoms with Gasteiger partial charge in [-0.15, -0.1) is 0 Å². The zero-order chi connectivity index (χ0) is 12.3. The number of likely N-dealkylation sites (tertiary alicyclic amines) is 1. The highest BCUT2D eigenvalue weighted by molar-refractivity contribution is 14.1. The van der Waals surface area contributed by atoms with Gasteiger partial charge in [0.15, 0.2) is 0 Å². The maximum atomic E-state index is 3.75. The molecule has 3 heteroatoms. The SMILES string of the molecule is CC(NC1CCN(C)CC1)c1ccc(I)cc1. The molecule has 1 aliphatic heterocycles. The summed E-state index contributed by atoms with van der Waals surface area (Å²) >= 11 is 2.35. The molecule has 94 valence electrons. The molecule has 1 heterocycles. The number of halogens is 1. The van der Waals surface area contributed by atoms with E-state index in [1.165, 1.54) is 35.1 Å². The molecule has 1 aliphatic rings. The van der Waals surface area contributed by atoms with E-state index in [9.17, 15) is 0 Å². The maximum Gasteiger partial charge on any atom is 0.0294 e. The zero-order valence-corrected chi connectivity index (χ0v) is 12.8. The highest BCUT2D eigenvalue weighted by atomic mass is 127. The van der Waals surface area contributed by atoms with Crippen molar-refractivity contribution in [2.75, 3.05) is 20.1 Å². The Morgan fingerprint density at radius 1 is 1.24 bits per heavy atom. The number of hydrogen-bond acceptors (Lipinski definition) is 2. The minimum Gasteiger partial charge on any atom is -0.307 e. The van der Waals surface area contributed by atoms with E-state index in [2.05, 4.69) is 71.0 Å². The van der Waals surface area contributed by atoms with Crippen LogP contribution in [0, 0.1) is 3.57 Å². The summed E-state index contributed by atoms with van der Waals surface area (Å²) in [6.07, 6.45) is 2.54. The molecule has 2 nitrogen and oxygen atoms in total. The van der Waals surface area contributed by atoms with E-state index in [-0.39, 0.29) is 0 Å². The first kappa shape index (κ1) is 13.3. The van der Waals surface area contributed by atoms with Gasteiger partial charge in [0.2, 0.25) is 0 Å². The van der Waals surface area contributed by atoms with Crippen LogP contribution in [0.5, 0.6) is 0 Å². The van der Waals surface area contributed by atoms with Crippen LogP contribution in [-0.2, 0) is 0 Å². The summed E-state index contributed by atoms with van der Waals surface area (Å²) in [6, 6.07) is 9.97. The molecule has 1 N–H and O–H groups in total. The van der Waals surface area contributed by atoms with Crippen LogP contribution in [0.4, 0.5) is 0 Å². The van der Waals surface area contributed by atoms with Crippen molar-refractivity contribution in [2.24, 2.45) is 0 Å². The van der Waals surface area contributed by atoms with Gasteiger partial charge in [0, 0.05) is 15.7 Å². The van der Waals surface area contributed by atoms with Crippen molar-refractivity contribution in [3.05, 3.63) is 33.4 Å². The fourth-order valence-corrected chi connectivity index (χ4v) is 2.74. The van der Waals surface area contributed by atoms with E-state index in [1.54, 1.807) is 0 Å². The molecule has 0 aliphatic carbocycles. The fraction of sp³-hybridized carbons (Fsp3) is 0.571. The Hall–Kier alpha value is -0.130. The van der Waals surface area contributed by atoms with Crippen LogP contribution in [0.25, 0.3) is 0 Å². The van der Waals surface area contributed by atoms with Crippen molar-refractivity contribution < 1.29 is 0 Å². The molecule has 1 aromatic rings. The lowest BCUT2D eigenvalue weighted by Gasteiger charge is -2.31. The lowest BCUT2D eigenvalue weighted by Crippen LogP contribution is -2.41. The van der Waals surface area contributed by atoms with E-state index in [1.807, 2.05) is 0 Å². The number of hydrogen-bond donors (Lipinski definition) is 1. The van der Waals surface area contributed by atoms with Crippen molar-refractivity contribution in [1.82, 2.24) is 10.2 Å². The second-order valence-corrected chi connectivity index (χ2v) is 6.26. The zero-order valence-electron chi connectivity index (χ0n) is 10.6. The molecule has 17 heavy (non-hydrogen) atoms. The summed E-state index contributed by atoms with van der Waals surface area (Å²) in [5.74, 6) is 0. The van der Waals surface area contributed by atoms with E-state index in [4.69, 9.17) is 0 Å². The van der Waals surface area contributed by atoms with Gasteiger partial charge in [-0.3, -0.25) is 0 Å². The lowest BCUT2D eigenvalue weighted by atomic mass is 10.0. The van der Waals surface area contributed by atoms with E-state index >= 15 is 0 Å². The van der Waals surface area contributed by atoms with Gasteiger partial charge in [-0.25, -0.2) is 0 Å². The Labute approximate surface area is 118 Å². The first-order valence-electron chi connectivity index (χ1n) is 6.35. The van der Waals surface area contributed by atoms with E-state index in [0.29, 0.717) is 12.1 Å². The van der Waals surface area contributed by atoms with E-state index < -0.39 is 0 Å². The molecule has 1 aromatic carbocycles. The monoisotopic (exact) mass is 344 g/mol. The van der Waals surface area contributed by atoms with Gasteiger partial charge < -0.3 is 10.2 Å². The smallest absolute Gasteiger partial charge is 0.0294 e. The highest BCUT2D eigenvalue weighted by Crippen LogP contribution is 2.18. The molecule has 1 atom stereocenters. The largest absolute Gasteiger partial charge is 0.307 e. The molecule has 1 fully saturated rings. The number of nitrogens with zero attached hydrogens (tertiary/aromatic N) is 1. The fourth-order valence-electron chi connectivity index (χ4n) is 2.38. The van der Waals surface area contributed by atoms with Crippen LogP contribution in [0.15, 0.2) is 24.3 Å². The third-order valence-corrected chi connectivity index (χ3v) is 4.29. The van der Waals surface area contributed by atoms with Gasteiger partial charge in [-0.1, -0.05) is 12.1 Å². The van der Waals surface area contributed by atoms with Gasteiger partial charge in [0.1, 0.15) is 0 Å². The summed E-state index contributed by atoms with van der Waals surface area (Å²) in [6.45, 7) is 4.70. The molecular weight excluding hydrogens is 323 g/mol. The van der Waals surface area contributed by atoms with Crippen molar-refractivity contribution in [1.29, 1.82) is 0 Å².